The quantitative estimate of drug-likeness (QED) is 0.737. The predicted molar refractivity (Wildman–Crippen MR) is 58.1 cm³/mol. The summed E-state index contributed by atoms with van der Waals surface area (Å²) in [5.74, 6) is 1.58. The molecule has 1 aliphatic carbocycles. The second-order valence-electron chi connectivity index (χ2n) is 5.63. The molecule has 14 heavy (non-hydrogen) atoms. The summed E-state index contributed by atoms with van der Waals surface area (Å²) in [6, 6.07) is 0. The van der Waals surface area contributed by atoms with Gasteiger partial charge in [-0.15, -0.1) is 0 Å². The molecule has 1 saturated heterocycles. The molecule has 4 unspecified atom stereocenters. The zero-order valence-electron chi connectivity index (χ0n) is 9.68. The van der Waals surface area contributed by atoms with Crippen LogP contribution in [0.25, 0.3) is 0 Å². The van der Waals surface area contributed by atoms with Crippen LogP contribution < -0.4 is 5.73 Å². The van der Waals surface area contributed by atoms with Gasteiger partial charge >= 0.3 is 0 Å². The van der Waals surface area contributed by atoms with Gasteiger partial charge in [0.2, 0.25) is 0 Å². The van der Waals surface area contributed by atoms with Crippen molar-refractivity contribution in [3.05, 3.63) is 0 Å². The molecule has 82 valence electrons. The highest BCUT2D eigenvalue weighted by Gasteiger charge is 2.57. The number of ether oxygens (including phenoxy) is 1. The van der Waals surface area contributed by atoms with Crippen LogP contribution in [-0.2, 0) is 4.74 Å². The highest BCUT2D eigenvalue weighted by molar-refractivity contribution is 5.06. The van der Waals surface area contributed by atoms with Gasteiger partial charge in [0.15, 0.2) is 0 Å². The maximum absolute atomic E-state index is 6.32. The molecule has 2 aliphatic rings. The average Bonchev–Trinajstić information content (AvgIpc) is 2.47. The molecule has 2 N–H and O–H groups in total. The van der Waals surface area contributed by atoms with Crippen molar-refractivity contribution >= 4 is 0 Å². The Morgan fingerprint density at radius 3 is 2.57 bits per heavy atom. The Bertz CT molecular complexity index is 230. The van der Waals surface area contributed by atoms with Gasteiger partial charge in [-0.1, -0.05) is 13.8 Å². The van der Waals surface area contributed by atoms with Crippen LogP contribution in [0.2, 0.25) is 0 Å². The molecular formula is C12H23NO. The normalized spacial score (nSPS) is 52.3. The fourth-order valence-electron chi connectivity index (χ4n) is 3.28. The Kier molecular flexibility index (Phi) is 2.39. The van der Waals surface area contributed by atoms with Gasteiger partial charge in [0.05, 0.1) is 11.2 Å². The van der Waals surface area contributed by atoms with Crippen LogP contribution in [0.3, 0.4) is 0 Å². The second-order valence-corrected chi connectivity index (χ2v) is 5.63. The Balaban J connectivity index is 2.01. The van der Waals surface area contributed by atoms with Crippen molar-refractivity contribution in [3.63, 3.8) is 0 Å². The van der Waals surface area contributed by atoms with Crippen molar-refractivity contribution < 1.29 is 4.74 Å². The standard InChI is InChI=1S/C12H23NO/c1-9-8-12(10(9)2)5-4-11(3,14-12)6-7-13/h9-10H,4-8,13H2,1-3H3. The number of nitrogens with two attached hydrogens (primary N) is 1. The summed E-state index contributed by atoms with van der Waals surface area (Å²) in [6.07, 6.45) is 4.71. The molecule has 1 saturated carbocycles. The molecule has 0 aromatic rings. The van der Waals surface area contributed by atoms with Gasteiger partial charge in [-0.05, 0) is 51.0 Å². The topological polar surface area (TPSA) is 35.2 Å². The van der Waals surface area contributed by atoms with Gasteiger partial charge in [0.25, 0.3) is 0 Å². The molecule has 1 heterocycles. The number of hydrogen-bond donors (Lipinski definition) is 1. The van der Waals surface area contributed by atoms with Gasteiger partial charge in [0.1, 0.15) is 0 Å². The predicted octanol–water partition coefficient (Wildman–Crippen LogP) is 2.32. The molecule has 0 aromatic heterocycles. The van der Waals surface area contributed by atoms with E-state index >= 15 is 0 Å². The van der Waals surface area contributed by atoms with E-state index in [1.165, 1.54) is 19.3 Å². The monoisotopic (exact) mass is 197 g/mol. The molecule has 0 bridgehead atoms. The van der Waals surface area contributed by atoms with E-state index in [1.54, 1.807) is 0 Å². The lowest BCUT2D eigenvalue weighted by atomic mass is 9.62. The van der Waals surface area contributed by atoms with Gasteiger partial charge in [-0.25, -0.2) is 0 Å². The largest absolute Gasteiger partial charge is 0.368 e. The molecule has 0 radical (unpaired) electrons. The first-order chi connectivity index (χ1) is 6.51. The van der Waals surface area contributed by atoms with E-state index in [2.05, 4.69) is 20.8 Å². The average molecular weight is 197 g/mol. The third kappa shape index (κ3) is 1.40. The van der Waals surface area contributed by atoms with Crippen molar-refractivity contribution in [2.45, 2.75) is 57.7 Å². The molecule has 2 heteroatoms. The van der Waals surface area contributed by atoms with Crippen molar-refractivity contribution in [1.29, 1.82) is 0 Å². The summed E-state index contributed by atoms with van der Waals surface area (Å²) in [6.45, 7) is 7.64. The molecule has 2 rings (SSSR count). The summed E-state index contributed by atoms with van der Waals surface area (Å²) in [5.41, 5.74) is 5.92. The molecule has 2 nitrogen and oxygen atoms in total. The summed E-state index contributed by atoms with van der Waals surface area (Å²) >= 11 is 0. The molecule has 1 spiro atoms. The smallest absolute Gasteiger partial charge is 0.0721 e. The first-order valence-electron chi connectivity index (χ1n) is 5.92. The Morgan fingerprint density at radius 1 is 1.36 bits per heavy atom. The van der Waals surface area contributed by atoms with Crippen LogP contribution in [0.15, 0.2) is 0 Å². The van der Waals surface area contributed by atoms with Crippen LogP contribution in [-0.4, -0.2) is 17.7 Å². The fraction of sp³-hybridized carbons (Fsp3) is 1.00. The van der Waals surface area contributed by atoms with Crippen LogP contribution in [0.4, 0.5) is 0 Å². The van der Waals surface area contributed by atoms with Gasteiger partial charge in [-0.2, -0.15) is 0 Å². The zero-order chi connectivity index (χ0) is 10.4. The van der Waals surface area contributed by atoms with Crippen molar-refractivity contribution in [2.24, 2.45) is 17.6 Å². The van der Waals surface area contributed by atoms with Crippen LogP contribution in [0.1, 0.15) is 46.5 Å². The molecule has 4 atom stereocenters. The number of hydrogen-bond acceptors (Lipinski definition) is 2. The summed E-state index contributed by atoms with van der Waals surface area (Å²) < 4.78 is 6.32. The van der Waals surface area contributed by atoms with E-state index in [4.69, 9.17) is 10.5 Å². The van der Waals surface area contributed by atoms with E-state index in [0.717, 1.165) is 24.8 Å². The van der Waals surface area contributed by atoms with Crippen LogP contribution in [0, 0.1) is 11.8 Å². The summed E-state index contributed by atoms with van der Waals surface area (Å²) in [4.78, 5) is 0. The zero-order valence-corrected chi connectivity index (χ0v) is 9.68. The Morgan fingerprint density at radius 2 is 2.07 bits per heavy atom. The van der Waals surface area contributed by atoms with E-state index in [-0.39, 0.29) is 11.2 Å². The van der Waals surface area contributed by atoms with Crippen LogP contribution >= 0.6 is 0 Å². The Labute approximate surface area is 87.2 Å². The maximum Gasteiger partial charge on any atom is 0.0721 e. The van der Waals surface area contributed by atoms with Crippen molar-refractivity contribution in [3.8, 4) is 0 Å². The Hall–Kier alpha value is -0.0800. The molecule has 0 amide bonds. The fourth-order valence-corrected chi connectivity index (χ4v) is 3.28. The molecule has 1 aliphatic heterocycles. The van der Waals surface area contributed by atoms with E-state index in [0.29, 0.717) is 0 Å². The summed E-state index contributed by atoms with van der Waals surface area (Å²) in [7, 11) is 0. The van der Waals surface area contributed by atoms with Crippen LogP contribution in [0.5, 0.6) is 0 Å². The highest BCUT2D eigenvalue weighted by Crippen LogP contribution is 2.56. The second kappa shape index (κ2) is 3.21. The number of rotatable bonds is 2. The van der Waals surface area contributed by atoms with E-state index < -0.39 is 0 Å². The van der Waals surface area contributed by atoms with Gasteiger partial charge in [-0.3, -0.25) is 0 Å². The minimum Gasteiger partial charge on any atom is -0.368 e. The maximum atomic E-state index is 6.32. The van der Waals surface area contributed by atoms with Crippen molar-refractivity contribution in [1.82, 2.24) is 0 Å². The lowest BCUT2D eigenvalue weighted by Crippen LogP contribution is -2.52. The minimum atomic E-state index is 0.0726. The minimum absolute atomic E-state index is 0.0726. The first-order valence-corrected chi connectivity index (χ1v) is 5.92. The SMILES string of the molecule is CC1CC2(CCC(C)(CCN)O2)C1C. The van der Waals surface area contributed by atoms with Gasteiger partial charge in [0, 0.05) is 0 Å². The highest BCUT2D eigenvalue weighted by atomic mass is 16.5. The summed E-state index contributed by atoms with van der Waals surface area (Å²) in [5, 5.41) is 0. The first kappa shape index (κ1) is 10.4. The lowest BCUT2D eigenvalue weighted by molar-refractivity contribution is -0.190. The molecular weight excluding hydrogens is 174 g/mol. The van der Waals surface area contributed by atoms with Gasteiger partial charge < -0.3 is 10.5 Å². The van der Waals surface area contributed by atoms with Crippen molar-refractivity contribution in [2.75, 3.05) is 6.54 Å². The third-order valence-corrected chi connectivity index (χ3v) is 4.55. The lowest BCUT2D eigenvalue weighted by Gasteiger charge is -2.51. The third-order valence-electron chi connectivity index (χ3n) is 4.55. The van der Waals surface area contributed by atoms with E-state index in [9.17, 15) is 0 Å². The molecule has 2 fully saturated rings. The molecule has 0 aromatic carbocycles. The van der Waals surface area contributed by atoms with E-state index in [1.807, 2.05) is 0 Å².